The Morgan fingerprint density at radius 1 is 1.22 bits per heavy atom. The van der Waals surface area contributed by atoms with Crippen LogP contribution in [0.25, 0.3) is 0 Å². The van der Waals surface area contributed by atoms with E-state index in [4.69, 9.17) is 8.92 Å². The minimum absolute atomic E-state index is 0.0269. The third kappa shape index (κ3) is 7.13. The van der Waals surface area contributed by atoms with Crippen LogP contribution >= 0.6 is 0 Å². The number of alkyl halides is 3. The van der Waals surface area contributed by atoms with Gasteiger partial charge >= 0.3 is 22.3 Å². The highest BCUT2D eigenvalue weighted by Crippen LogP contribution is 2.30. The smallest absolute Gasteiger partial charge is 0.383 e. The minimum atomic E-state index is -4.52. The SMILES string of the molecule is CS(=O)(=O)Oc1ccc(CN(C[C@H]2CCCO2)C(=O)Nc2cccc(C(F)(F)F)c2)cc1. The number of benzene rings is 2. The van der Waals surface area contributed by atoms with Crippen molar-refractivity contribution in [1.29, 1.82) is 0 Å². The molecule has 3 rings (SSSR count). The van der Waals surface area contributed by atoms with Crippen molar-refractivity contribution in [2.75, 3.05) is 24.7 Å². The number of nitrogens with zero attached hydrogens (tertiary/aromatic N) is 1. The maximum atomic E-state index is 13.0. The summed E-state index contributed by atoms with van der Waals surface area (Å²) in [5.41, 5.74) is -0.149. The van der Waals surface area contributed by atoms with Crippen LogP contribution in [0.5, 0.6) is 5.75 Å². The molecule has 174 valence electrons. The first-order valence-corrected chi connectivity index (χ1v) is 11.6. The molecule has 7 nitrogen and oxygen atoms in total. The molecule has 1 saturated heterocycles. The molecule has 0 spiro atoms. The van der Waals surface area contributed by atoms with Gasteiger partial charge in [-0.05, 0) is 48.7 Å². The number of hydrogen-bond donors (Lipinski definition) is 1. The largest absolute Gasteiger partial charge is 0.416 e. The Morgan fingerprint density at radius 2 is 1.94 bits per heavy atom. The van der Waals surface area contributed by atoms with Crippen molar-refractivity contribution in [3.8, 4) is 5.75 Å². The molecule has 0 aromatic heterocycles. The van der Waals surface area contributed by atoms with E-state index in [9.17, 15) is 26.4 Å². The van der Waals surface area contributed by atoms with Gasteiger partial charge in [0.1, 0.15) is 5.75 Å². The van der Waals surface area contributed by atoms with Crippen molar-refractivity contribution in [1.82, 2.24) is 4.90 Å². The highest BCUT2D eigenvalue weighted by molar-refractivity contribution is 7.86. The van der Waals surface area contributed by atoms with Crippen LogP contribution in [0.3, 0.4) is 0 Å². The van der Waals surface area contributed by atoms with Crippen LogP contribution in [0, 0.1) is 0 Å². The van der Waals surface area contributed by atoms with Crippen LogP contribution in [0.1, 0.15) is 24.0 Å². The van der Waals surface area contributed by atoms with E-state index in [1.807, 2.05) is 0 Å². The molecule has 1 aliphatic heterocycles. The van der Waals surface area contributed by atoms with E-state index >= 15 is 0 Å². The predicted octanol–water partition coefficient (Wildman–Crippen LogP) is 4.26. The molecule has 0 bridgehead atoms. The number of hydrogen-bond acceptors (Lipinski definition) is 5. The first-order valence-electron chi connectivity index (χ1n) is 9.83. The lowest BCUT2D eigenvalue weighted by Crippen LogP contribution is -2.39. The maximum Gasteiger partial charge on any atom is 0.416 e. The van der Waals surface area contributed by atoms with E-state index in [-0.39, 0.29) is 30.6 Å². The predicted molar refractivity (Wildman–Crippen MR) is 112 cm³/mol. The van der Waals surface area contributed by atoms with Gasteiger partial charge in [-0.1, -0.05) is 18.2 Å². The molecule has 0 radical (unpaired) electrons. The number of carbonyl (C=O) groups excluding carboxylic acids is 1. The Hall–Kier alpha value is -2.79. The van der Waals surface area contributed by atoms with Gasteiger partial charge in [0.2, 0.25) is 0 Å². The van der Waals surface area contributed by atoms with Gasteiger partial charge in [-0.2, -0.15) is 21.6 Å². The summed E-state index contributed by atoms with van der Waals surface area (Å²) >= 11 is 0. The van der Waals surface area contributed by atoms with Crippen LogP contribution in [0.4, 0.5) is 23.7 Å². The van der Waals surface area contributed by atoms with Crippen LogP contribution in [0.2, 0.25) is 0 Å². The molecule has 1 atom stereocenters. The number of halogens is 3. The van der Waals surface area contributed by atoms with E-state index in [2.05, 4.69) is 5.32 Å². The maximum absolute atomic E-state index is 13.0. The van der Waals surface area contributed by atoms with Gasteiger partial charge in [-0.25, -0.2) is 4.79 Å². The van der Waals surface area contributed by atoms with Crippen molar-refractivity contribution in [3.05, 3.63) is 59.7 Å². The summed E-state index contributed by atoms with van der Waals surface area (Å²) in [6, 6.07) is 9.99. The average Bonchev–Trinajstić information content (AvgIpc) is 3.20. The third-order valence-electron chi connectivity index (χ3n) is 4.72. The number of anilines is 1. The Bertz CT molecular complexity index is 1040. The summed E-state index contributed by atoms with van der Waals surface area (Å²) in [6.07, 6.45) is -2.12. The fourth-order valence-electron chi connectivity index (χ4n) is 3.27. The zero-order chi connectivity index (χ0) is 23.4. The zero-order valence-electron chi connectivity index (χ0n) is 17.3. The van der Waals surface area contributed by atoms with E-state index < -0.39 is 27.9 Å². The normalized spacial score (nSPS) is 16.6. The molecule has 2 aromatic rings. The highest BCUT2D eigenvalue weighted by Gasteiger charge is 2.31. The Morgan fingerprint density at radius 3 is 2.53 bits per heavy atom. The van der Waals surface area contributed by atoms with Gasteiger partial charge < -0.3 is 19.1 Å². The molecule has 0 unspecified atom stereocenters. The number of carbonyl (C=O) groups is 1. The second kappa shape index (κ2) is 9.78. The molecule has 2 amide bonds. The van der Waals surface area contributed by atoms with Gasteiger partial charge in [0.05, 0.1) is 17.9 Å². The quantitative estimate of drug-likeness (QED) is 0.609. The topological polar surface area (TPSA) is 84.9 Å². The molecule has 32 heavy (non-hydrogen) atoms. The molecular weight excluding hydrogens is 449 g/mol. The Balaban J connectivity index is 1.74. The van der Waals surface area contributed by atoms with Gasteiger partial charge in [0.25, 0.3) is 0 Å². The van der Waals surface area contributed by atoms with Crippen LogP contribution in [-0.2, 0) is 27.6 Å². The monoisotopic (exact) mass is 472 g/mol. The summed E-state index contributed by atoms with van der Waals surface area (Å²) in [5, 5.41) is 2.52. The van der Waals surface area contributed by atoms with Crippen molar-refractivity contribution in [2.24, 2.45) is 0 Å². The first-order chi connectivity index (χ1) is 15.0. The van der Waals surface area contributed by atoms with Gasteiger partial charge in [-0.3, -0.25) is 0 Å². The molecule has 1 aliphatic rings. The molecule has 1 fully saturated rings. The molecule has 1 heterocycles. The number of rotatable bonds is 7. The van der Waals surface area contributed by atoms with Crippen LogP contribution in [-0.4, -0.2) is 44.9 Å². The van der Waals surface area contributed by atoms with Gasteiger partial charge in [-0.15, -0.1) is 0 Å². The summed E-state index contributed by atoms with van der Waals surface area (Å²) in [6.45, 7) is 0.988. The van der Waals surface area contributed by atoms with E-state index in [1.165, 1.54) is 29.2 Å². The fraction of sp³-hybridized carbons (Fsp3) is 0.381. The second-order valence-corrected chi connectivity index (χ2v) is 9.03. The van der Waals surface area contributed by atoms with Crippen molar-refractivity contribution in [2.45, 2.75) is 31.7 Å². The lowest BCUT2D eigenvalue weighted by atomic mass is 10.1. The number of amides is 2. The van der Waals surface area contributed by atoms with Gasteiger partial charge in [0.15, 0.2) is 0 Å². The summed E-state index contributed by atoms with van der Waals surface area (Å²) in [4.78, 5) is 14.3. The second-order valence-electron chi connectivity index (χ2n) is 7.46. The minimum Gasteiger partial charge on any atom is -0.383 e. The summed E-state index contributed by atoms with van der Waals surface area (Å²) in [7, 11) is -3.66. The first kappa shape index (κ1) is 23.9. The average molecular weight is 472 g/mol. The highest BCUT2D eigenvalue weighted by atomic mass is 32.2. The lowest BCUT2D eigenvalue weighted by molar-refractivity contribution is -0.137. The van der Waals surface area contributed by atoms with Crippen molar-refractivity contribution >= 4 is 21.8 Å². The van der Waals surface area contributed by atoms with Crippen molar-refractivity contribution < 1.29 is 35.3 Å². The van der Waals surface area contributed by atoms with Crippen molar-refractivity contribution in [3.63, 3.8) is 0 Å². The van der Waals surface area contributed by atoms with Crippen LogP contribution in [0.15, 0.2) is 48.5 Å². The molecule has 2 aromatic carbocycles. The Labute approximate surface area is 184 Å². The van der Waals surface area contributed by atoms with Crippen LogP contribution < -0.4 is 9.50 Å². The molecule has 0 saturated carbocycles. The number of nitrogens with one attached hydrogen (secondary N) is 1. The van der Waals surface area contributed by atoms with E-state index in [1.54, 1.807) is 12.1 Å². The van der Waals surface area contributed by atoms with Gasteiger partial charge in [0, 0.05) is 25.4 Å². The fourth-order valence-corrected chi connectivity index (χ4v) is 3.74. The summed E-state index contributed by atoms with van der Waals surface area (Å²) in [5.74, 6) is 0.135. The Kier molecular flexibility index (Phi) is 7.29. The van der Waals surface area contributed by atoms with E-state index in [0.29, 0.717) is 12.2 Å². The zero-order valence-corrected chi connectivity index (χ0v) is 18.1. The third-order valence-corrected chi connectivity index (χ3v) is 5.22. The number of ether oxygens (including phenoxy) is 1. The number of urea groups is 1. The molecule has 11 heteroatoms. The standard InChI is InChI=1S/C21H23F3N2O5S/c1-32(28,29)31-18-9-7-15(8-10-18)13-26(14-19-6-3-11-30-19)20(27)25-17-5-2-4-16(12-17)21(22,23)24/h2,4-5,7-10,12,19H,3,6,11,13-14H2,1H3,(H,25,27)/t19-/m1/s1. The summed E-state index contributed by atoms with van der Waals surface area (Å²) < 4.78 is 71.8. The molecule has 0 aliphatic carbocycles. The molecule has 1 N–H and O–H groups in total. The molecular formula is C21H23F3N2O5S. The lowest BCUT2D eigenvalue weighted by Gasteiger charge is -2.26. The van der Waals surface area contributed by atoms with E-state index in [0.717, 1.165) is 31.2 Å².